The quantitative estimate of drug-likeness (QED) is 0.122. The fourth-order valence-corrected chi connectivity index (χ4v) is 10.5. The van der Waals surface area contributed by atoms with Gasteiger partial charge in [0.1, 0.15) is 0 Å². The molecular weight excluding hydrogens is 719 g/mol. The lowest BCUT2D eigenvalue weighted by Gasteiger charge is -2.21. The molecule has 2 heteroatoms. The third-order valence-electron chi connectivity index (χ3n) is 11.9. The van der Waals surface area contributed by atoms with Gasteiger partial charge in [0.15, 0.2) is 0 Å². The monoisotopic (exact) mass is 755 g/mol. The van der Waals surface area contributed by atoms with Gasteiger partial charge in [-0.05, 0) is 125 Å². The van der Waals surface area contributed by atoms with Crippen molar-refractivity contribution in [1.29, 1.82) is 0 Å². The SMILES string of the molecule is C=C/C=C\c1c(C)c(-c2ccc3cccnc3c2)c2ccccc2c1-c1cccc2sc3ccc(-c4c5ccccc5c(-c5ccccc5)c5ccccc45)cc3c12. The van der Waals surface area contributed by atoms with Crippen LogP contribution in [0.1, 0.15) is 11.1 Å². The number of pyridine rings is 1. The molecule has 0 fully saturated rings. The molecule has 2 heterocycles. The second kappa shape index (κ2) is 13.8. The van der Waals surface area contributed by atoms with Crippen molar-refractivity contribution in [2.24, 2.45) is 0 Å². The molecule has 0 unspecified atom stereocenters. The number of fused-ring (bicyclic) bond motifs is 7. The maximum absolute atomic E-state index is 4.73. The third-order valence-corrected chi connectivity index (χ3v) is 13.0. The summed E-state index contributed by atoms with van der Waals surface area (Å²) in [5.74, 6) is 0. The smallest absolute Gasteiger partial charge is 0.0708 e. The zero-order chi connectivity index (χ0) is 38.7. The van der Waals surface area contributed by atoms with Crippen LogP contribution in [0.3, 0.4) is 0 Å². The van der Waals surface area contributed by atoms with Gasteiger partial charge in [-0.15, -0.1) is 11.3 Å². The van der Waals surface area contributed by atoms with Crippen LogP contribution in [0.2, 0.25) is 0 Å². The fraction of sp³-hybridized carbons (Fsp3) is 0.0179. The number of benzene rings is 9. The Labute approximate surface area is 341 Å². The maximum atomic E-state index is 4.73. The van der Waals surface area contributed by atoms with Crippen LogP contribution >= 0.6 is 11.3 Å². The van der Waals surface area contributed by atoms with Crippen molar-refractivity contribution < 1.29 is 0 Å². The van der Waals surface area contributed by atoms with Gasteiger partial charge in [0.25, 0.3) is 0 Å². The van der Waals surface area contributed by atoms with Crippen LogP contribution in [-0.2, 0) is 0 Å². The van der Waals surface area contributed by atoms with Gasteiger partial charge in [0.05, 0.1) is 5.52 Å². The molecule has 1 nitrogen and oxygen atoms in total. The van der Waals surface area contributed by atoms with Crippen LogP contribution in [0.15, 0.2) is 195 Å². The lowest BCUT2D eigenvalue weighted by Crippen LogP contribution is -1.96. The Morgan fingerprint density at radius 2 is 1.09 bits per heavy atom. The summed E-state index contributed by atoms with van der Waals surface area (Å²) in [4.78, 5) is 4.73. The van der Waals surface area contributed by atoms with E-state index in [0.29, 0.717) is 0 Å². The molecule has 11 rings (SSSR count). The van der Waals surface area contributed by atoms with Gasteiger partial charge in [0, 0.05) is 31.8 Å². The second-order valence-electron chi connectivity index (χ2n) is 15.0. The topological polar surface area (TPSA) is 12.9 Å². The normalized spacial score (nSPS) is 11.9. The van der Waals surface area contributed by atoms with Gasteiger partial charge in [-0.1, -0.05) is 164 Å². The number of aromatic nitrogens is 1. The van der Waals surface area contributed by atoms with E-state index < -0.39 is 0 Å². The highest BCUT2D eigenvalue weighted by Gasteiger charge is 2.22. The van der Waals surface area contributed by atoms with E-state index in [1.165, 1.54) is 108 Å². The van der Waals surface area contributed by atoms with Crippen LogP contribution in [0.5, 0.6) is 0 Å². The number of nitrogens with zero attached hydrogens (tertiary/aromatic N) is 1. The van der Waals surface area contributed by atoms with E-state index in [-0.39, 0.29) is 0 Å². The van der Waals surface area contributed by atoms with Crippen molar-refractivity contribution in [2.45, 2.75) is 6.92 Å². The molecule has 0 aliphatic heterocycles. The van der Waals surface area contributed by atoms with E-state index >= 15 is 0 Å². The van der Waals surface area contributed by atoms with Gasteiger partial charge in [-0.25, -0.2) is 0 Å². The second-order valence-corrected chi connectivity index (χ2v) is 16.1. The van der Waals surface area contributed by atoms with E-state index in [1.54, 1.807) is 0 Å². The van der Waals surface area contributed by atoms with E-state index in [2.05, 4.69) is 189 Å². The predicted octanol–water partition coefficient (Wildman–Crippen LogP) is 16.2. The molecule has 9 aromatic carbocycles. The maximum Gasteiger partial charge on any atom is 0.0708 e. The van der Waals surface area contributed by atoms with Gasteiger partial charge in [-0.2, -0.15) is 0 Å². The molecule has 0 bridgehead atoms. The molecule has 0 aliphatic rings. The number of allylic oxidation sites excluding steroid dienone is 2. The summed E-state index contributed by atoms with van der Waals surface area (Å²) < 4.78 is 2.56. The van der Waals surface area contributed by atoms with Crippen LogP contribution in [0.25, 0.3) is 114 Å². The highest BCUT2D eigenvalue weighted by atomic mass is 32.1. The zero-order valence-electron chi connectivity index (χ0n) is 32.0. The molecule has 11 aromatic rings. The molecule has 0 radical (unpaired) electrons. The van der Waals surface area contributed by atoms with E-state index in [4.69, 9.17) is 4.98 Å². The van der Waals surface area contributed by atoms with E-state index in [0.717, 1.165) is 10.9 Å². The lowest BCUT2D eigenvalue weighted by molar-refractivity contribution is 1.41. The van der Waals surface area contributed by atoms with Gasteiger partial charge in [-0.3, -0.25) is 4.98 Å². The summed E-state index contributed by atoms with van der Waals surface area (Å²) in [6.07, 6.45) is 8.08. The first-order valence-electron chi connectivity index (χ1n) is 19.8. The van der Waals surface area contributed by atoms with Crippen LogP contribution in [0.4, 0.5) is 0 Å². The lowest BCUT2D eigenvalue weighted by atomic mass is 9.82. The number of rotatable bonds is 6. The Bertz CT molecular complexity index is 3420. The van der Waals surface area contributed by atoms with Gasteiger partial charge >= 0.3 is 0 Å². The third kappa shape index (κ3) is 5.34. The Hall–Kier alpha value is -7.13. The van der Waals surface area contributed by atoms with Crippen molar-refractivity contribution >= 4 is 80.8 Å². The Morgan fingerprint density at radius 3 is 1.78 bits per heavy atom. The molecule has 0 spiro atoms. The Balaban J connectivity index is 1.20. The van der Waals surface area contributed by atoms with Gasteiger partial charge in [0.2, 0.25) is 0 Å². The van der Waals surface area contributed by atoms with E-state index in [1.807, 2.05) is 29.7 Å². The summed E-state index contributed by atoms with van der Waals surface area (Å²) in [6.45, 7) is 6.35. The summed E-state index contributed by atoms with van der Waals surface area (Å²) in [5, 5.41) is 11.2. The minimum Gasteiger partial charge on any atom is -0.256 e. The standard InChI is InChI=1S/C56H37NS/c1-3-4-19-40-35(2)52(39-29-28-36-18-15-32-57-49(36)34-39)41-20-8-13-25-46(41)55(40)47-26-14-27-51-56(47)48-33-38(30-31-50(48)58-51)54-44-23-11-9-21-42(44)53(37-16-6-5-7-17-37)43-22-10-12-24-45(43)54/h3-34H,1H2,2H3/b19-4-. The molecule has 58 heavy (non-hydrogen) atoms. The largest absolute Gasteiger partial charge is 0.256 e. The van der Waals surface area contributed by atoms with Crippen molar-refractivity contribution in [3.8, 4) is 44.5 Å². The minimum atomic E-state index is 0.997. The average Bonchev–Trinajstić information content (AvgIpc) is 3.66. The highest BCUT2D eigenvalue weighted by Crippen LogP contribution is 2.49. The van der Waals surface area contributed by atoms with Crippen molar-refractivity contribution in [3.05, 3.63) is 206 Å². The van der Waals surface area contributed by atoms with Gasteiger partial charge < -0.3 is 0 Å². The molecule has 272 valence electrons. The molecule has 0 aliphatic carbocycles. The van der Waals surface area contributed by atoms with Crippen molar-refractivity contribution in [1.82, 2.24) is 4.98 Å². The molecule has 0 amide bonds. The molecule has 0 atom stereocenters. The van der Waals surface area contributed by atoms with Crippen LogP contribution in [-0.4, -0.2) is 4.98 Å². The molecule has 0 saturated heterocycles. The summed E-state index contributed by atoms with van der Waals surface area (Å²) >= 11 is 1.87. The summed E-state index contributed by atoms with van der Waals surface area (Å²) in [7, 11) is 0. The first kappa shape index (κ1) is 34.1. The summed E-state index contributed by atoms with van der Waals surface area (Å²) in [5.41, 5.74) is 13.3. The number of hydrogen-bond donors (Lipinski definition) is 0. The minimum absolute atomic E-state index is 0.997. The first-order chi connectivity index (χ1) is 28.7. The molecular formula is C56H37NS. The Morgan fingerprint density at radius 1 is 0.483 bits per heavy atom. The Kier molecular flexibility index (Phi) is 8.13. The van der Waals surface area contributed by atoms with Crippen molar-refractivity contribution in [2.75, 3.05) is 0 Å². The number of thiophene rings is 1. The van der Waals surface area contributed by atoms with E-state index in [9.17, 15) is 0 Å². The van der Waals surface area contributed by atoms with Crippen LogP contribution in [0, 0.1) is 6.92 Å². The molecule has 0 saturated carbocycles. The number of hydrogen-bond acceptors (Lipinski definition) is 2. The zero-order valence-corrected chi connectivity index (χ0v) is 32.9. The molecule has 2 aromatic heterocycles. The van der Waals surface area contributed by atoms with Crippen molar-refractivity contribution in [3.63, 3.8) is 0 Å². The molecule has 0 N–H and O–H groups in total. The average molecular weight is 756 g/mol. The predicted molar refractivity (Wildman–Crippen MR) is 253 cm³/mol. The van der Waals surface area contributed by atoms with Crippen LogP contribution < -0.4 is 0 Å². The first-order valence-corrected chi connectivity index (χ1v) is 20.6. The fourth-order valence-electron chi connectivity index (χ4n) is 9.39. The summed E-state index contributed by atoms with van der Waals surface area (Å²) in [6, 6.07) is 62.4. The highest BCUT2D eigenvalue weighted by molar-refractivity contribution is 7.26.